The maximum Gasteiger partial charge on any atom is 0.166 e. The molecule has 0 unspecified atom stereocenters. The zero-order valence-electron chi connectivity index (χ0n) is 19.9. The highest BCUT2D eigenvalue weighted by Gasteiger charge is 2.17. The van der Waals surface area contributed by atoms with Crippen molar-refractivity contribution in [2.75, 3.05) is 23.3 Å². The second-order valence-electron chi connectivity index (χ2n) is 8.92. The molecule has 4 aromatic rings. The van der Waals surface area contributed by atoms with Crippen molar-refractivity contribution in [3.05, 3.63) is 70.5 Å². The van der Waals surface area contributed by atoms with E-state index < -0.39 is 0 Å². The average molecular weight is 521 g/mol. The largest absolute Gasteiger partial charge is 0.505 e. The number of hydrogen-bond acceptors (Lipinski definition) is 6. The molecule has 0 atom stereocenters. The second-order valence-corrected chi connectivity index (χ2v) is 9.74. The van der Waals surface area contributed by atoms with Gasteiger partial charge in [-0.1, -0.05) is 36.2 Å². The molecule has 2 aromatic heterocycles. The summed E-state index contributed by atoms with van der Waals surface area (Å²) < 4.78 is 0. The van der Waals surface area contributed by atoms with Crippen LogP contribution < -0.4 is 10.2 Å². The molecule has 1 aliphatic heterocycles. The van der Waals surface area contributed by atoms with Gasteiger partial charge in [-0.15, -0.1) is 0 Å². The Morgan fingerprint density at radius 2 is 1.72 bits per heavy atom. The molecule has 3 heterocycles. The summed E-state index contributed by atoms with van der Waals surface area (Å²) in [7, 11) is 0. The third-order valence-electron chi connectivity index (χ3n) is 6.54. The van der Waals surface area contributed by atoms with Gasteiger partial charge in [0.1, 0.15) is 5.82 Å². The van der Waals surface area contributed by atoms with Crippen molar-refractivity contribution in [2.45, 2.75) is 32.6 Å². The van der Waals surface area contributed by atoms with E-state index in [-0.39, 0.29) is 21.6 Å². The highest BCUT2D eigenvalue weighted by Crippen LogP contribution is 2.38. The molecular formula is C28H26Cl2N4O2. The van der Waals surface area contributed by atoms with Crippen molar-refractivity contribution >= 4 is 57.1 Å². The Balaban J connectivity index is 1.57. The summed E-state index contributed by atoms with van der Waals surface area (Å²) in [4.78, 5) is 24.4. The van der Waals surface area contributed by atoms with Crippen LogP contribution in [0.1, 0.15) is 43.0 Å². The number of nitrogens with zero attached hydrogens (tertiary/aromatic N) is 3. The Bertz CT molecular complexity index is 1410. The van der Waals surface area contributed by atoms with Crippen molar-refractivity contribution in [3.8, 4) is 16.9 Å². The SMILES string of the molecule is CCC(=O)c1cnc2ccc(-c3cc(Cl)c(O)c(Cl)c3)cc2c1Nc1ccc(N2CCCCC2)nc1. The summed E-state index contributed by atoms with van der Waals surface area (Å²) in [5.74, 6) is 0.808. The predicted molar refractivity (Wildman–Crippen MR) is 147 cm³/mol. The monoisotopic (exact) mass is 520 g/mol. The summed E-state index contributed by atoms with van der Waals surface area (Å²) in [6.07, 6.45) is 7.43. The van der Waals surface area contributed by atoms with E-state index in [2.05, 4.69) is 20.2 Å². The molecule has 8 heteroatoms. The Morgan fingerprint density at radius 1 is 0.972 bits per heavy atom. The average Bonchev–Trinajstić information content (AvgIpc) is 2.92. The van der Waals surface area contributed by atoms with E-state index in [0.717, 1.165) is 46.6 Å². The standard InChI is InChI=1S/C28H26Cl2N4O2/c1-2-25(35)21-16-31-24-8-6-17(18-13-22(29)28(36)23(30)14-18)12-20(24)27(21)33-19-7-9-26(32-15-19)34-10-4-3-5-11-34/h6-9,12-16,36H,2-5,10-11H2,1H3,(H,31,33). The Morgan fingerprint density at radius 3 is 2.39 bits per heavy atom. The molecule has 6 nitrogen and oxygen atoms in total. The number of anilines is 3. The van der Waals surface area contributed by atoms with Crippen LogP contribution in [-0.2, 0) is 0 Å². The minimum absolute atomic E-state index is 0.00841. The molecule has 1 saturated heterocycles. The minimum atomic E-state index is -0.150. The number of piperidine rings is 1. The lowest BCUT2D eigenvalue weighted by Crippen LogP contribution is -2.29. The third kappa shape index (κ3) is 4.84. The third-order valence-corrected chi connectivity index (χ3v) is 7.11. The van der Waals surface area contributed by atoms with Crippen molar-refractivity contribution in [1.82, 2.24) is 9.97 Å². The number of carbonyl (C=O) groups excluding carboxylic acids is 1. The van der Waals surface area contributed by atoms with Crippen molar-refractivity contribution in [2.24, 2.45) is 0 Å². The lowest BCUT2D eigenvalue weighted by Gasteiger charge is -2.27. The number of phenols is 1. The van der Waals surface area contributed by atoms with E-state index in [0.29, 0.717) is 17.7 Å². The molecule has 0 bridgehead atoms. The first kappa shape index (κ1) is 24.3. The van der Waals surface area contributed by atoms with Crippen LogP contribution >= 0.6 is 23.2 Å². The van der Waals surface area contributed by atoms with E-state index in [4.69, 9.17) is 23.2 Å². The van der Waals surface area contributed by atoms with E-state index >= 15 is 0 Å². The fourth-order valence-corrected chi connectivity index (χ4v) is 5.04. The number of phenolic OH excluding ortho intramolecular Hbond substituents is 1. The van der Waals surface area contributed by atoms with Crippen LogP contribution in [0, 0.1) is 0 Å². The number of rotatable bonds is 6. The van der Waals surface area contributed by atoms with Gasteiger partial charge in [0, 0.05) is 31.1 Å². The molecule has 0 amide bonds. The zero-order valence-corrected chi connectivity index (χ0v) is 21.4. The van der Waals surface area contributed by atoms with E-state index in [9.17, 15) is 9.90 Å². The minimum Gasteiger partial charge on any atom is -0.505 e. The molecule has 2 N–H and O–H groups in total. The number of carbonyl (C=O) groups is 1. The van der Waals surface area contributed by atoms with Crippen LogP contribution in [0.5, 0.6) is 5.75 Å². The van der Waals surface area contributed by atoms with Gasteiger partial charge in [-0.3, -0.25) is 9.78 Å². The molecular weight excluding hydrogens is 495 g/mol. The van der Waals surface area contributed by atoms with E-state index in [1.807, 2.05) is 37.3 Å². The number of pyridine rings is 2. The molecule has 184 valence electrons. The Kier molecular flexibility index (Phi) is 6.99. The summed E-state index contributed by atoms with van der Waals surface area (Å²) in [6.45, 7) is 3.89. The van der Waals surface area contributed by atoms with Gasteiger partial charge in [-0.25, -0.2) is 4.98 Å². The van der Waals surface area contributed by atoms with Gasteiger partial charge in [0.05, 0.1) is 38.7 Å². The maximum absolute atomic E-state index is 12.8. The quantitative estimate of drug-likeness (QED) is 0.254. The number of aromatic nitrogens is 2. The smallest absolute Gasteiger partial charge is 0.166 e. The Labute approximate surface area is 219 Å². The van der Waals surface area contributed by atoms with Gasteiger partial charge in [-0.05, 0) is 66.8 Å². The molecule has 0 aliphatic carbocycles. The lowest BCUT2D eigenvalue weighted by molar-refractivity contribution is 0.0988. The highest BCUT2D eigenvalue weighted by atomic mass is 35.5. The summed E-state index contributed by atoms with van der Waals surface area (Å²) in [6, 6.07) is 13.1. The summed E-state index contributed by atoms with van der Waals surface area (Å²) in [5.41, 5.74) is 4.30. The van der Waals surface area contributed by atoms with E-state index in [1.54, 1.807) is 24.5 Å². The van der Waals surface area contributed by atoms with Gasteiger partial charge in [0.15, 0.2) is 11.5 Å². The molecule has 36 heavy (non-hydrogen) atoms. The molecule has 5 rings (SSSR count). The molecule has 1 fully saturated rings. The lowest BCUT2D eigenvalue weighted by atomic mass is 9.99. The van der Waals surface area contributed by atoms with Crippen LogP contribution in [0.3, 0.4) is 0 Å². The van der Waals surface area contributed by atoms with Gasteiger partial charge >= 0.3 is 0 Å². The number of aromatic hydroxyl groups is 1. The van der Waals surface area contributed by atoms with Crippen molar-refractivity contribution in [1.29, 1.82) is 0 Å². The number of Topliss-reactive ketones (excluding diaryl/α,β-unsaturated/α-hetero) is 1. The number of fused-ring (bicyclic) bond motifs is 1. The Hall–Kier alpha value is -3.35. The summed E-state index contributed by atoms with van der Waals surface area (Å²) in [5, 5.41) is 14.5. The molecule has 2 aromatic carbocycles. The fraction of sp³-hybridized carbons (Fsp3) is 0.250. The number of ketones is 1. The maximum atomic E-state index is 12.8. The van der Waals surface area contributed by atoms with Gasteiger partial charge < -0.3 is 15.3 Å². The summed E-state index contributed by atoms with van der Waals surface area (Å²) >= 11 is 12.3. The molecule has 0 saturated carbocycles. The van der Waals surface area contributed by atoms with E-state index in [1.165, 1.54) is 19.3 Å². The molecule has 1 aliphatic rings. The first-order valence-corrected chi connectivity index (χ1v) is 12.8. The van der Waals surface area contributed by atoms with Gasteiger partial charge in [0.25, 0.3) is 0 Å². The van der Waals surface area contributed by atoms with Crippen molar-refractivity contribution < 1.29 is 9.90 Å². The van der Waals surface area contributed by atoms with Gasteiger partial charge in [-0.2, -0.15) is 0 Å². The molecule has 0 radical (unpaired) electrons. The van der Waals surface area contributed by atoms with Crippen LogP contribution in [0.2, 0.25) is 10.0 Å². The zero-order chi connectivity index (χ0) is 25.2. The van der Waals surface area contributed by atoms with Crippen LogP contribution in [-0.4, -0.2) is 33.9 Å². The first-order chi connectivity index (χ1) is 17.4. The van der Waals surface area contributed by atoms with Crippen LogP contribution in [0.25, 0.3) is 22.0 Å². The van der Waals surface area contributed by atoms with Crippen molar-refractivity contribution in [3.63, 3.8) is 0 Å². The number of hydrogen-bond donors (Lipinski definition) is 2. The van der Waals surface area contributed by atoms with Crippen LogP contribution in [0.4, 0.5) is 17.2 Å². The highest BCUT2D eigenvalue weighted by molar-refractivity contribution is 6.37. The number of benzene rings is 2. The van der Waals surface area contributed by atoms with Crippen LogP contribution in [0.15, 0.2) is 54.9 Å². The fourth-order valence-electron chi connectivity index (χ4n) is 4.56. The topological polar surface area (TPSA) is 78.3 Å². The second kappa shape index (κ2) is 10.3. The predicted octanol–water partition coefficient (Wildman–Crippen LogP) is 7.64. The van der Waals surface area contributed by atoms with Gasteiger partial charge in [0.2, 0.25) is 0 Å². The first-order valence-electron chi connectivity index (χ1n) is 12.1. The molecule has 0 spiro atoms. The number of nitrogens with one attached hydrogen (secondary N) is 1. The number of halogens is 2. The normalized spacial score (nSPS) is 13.7.